The summed E-state index contributed by atoms with van der Waals surface area (Å²) < 4.78 is 0. The Kier molecular flexibility index (Phi) is 10.3. The van der Waals surface area contributed by atoms with Crippen molar-refractivity contribution in [2.75, 3.05) is 19.6 Å². The molecule has 0 saturated heterocycles. The van der Waals surface area contributed by atoms with Crippen LogP contribution in [0.15, 0.2) is 60.7 Å². The monoisotopic (exact) mass is 471 g/mol. The lowest BCUT2D eigenvalue weighted by molar-refractivity contribution is 0.0237. The average Bonchev–Trinajstić information content (AvgIpc) is 2.84. The second-order valence-electron chi connectivity index (χ2n) is 7.49. The van der Waals surface area contributed by atoms with Gasteiger partial charge in [-0.3, -0.25) is 19.6 Å². The predicted octanol–water partition coefficient (Wildman–Crippen LogP) is 4.13. The molecule has 7 nitrogen and oxygen atoms in total. The molecule has 0 atom stereocenters. The number of likely N-dealkylation sites (N-methyl/N-ethyl adjacent to an activating group) is 1. The number of rotatable bonds is 10. The maximum atomic E-state index is 12.4. The van der Waals surface area contributed by atoms with Crippen molar-refractivity contribution >= 4 is 35.0 Å². The molecule has 0 bridgehead atoms. The number of hydrogen-bond acceptors (Lipinski definition) is 5. The van der Waals surface area contributed by atoms with E-state index in [0.717, 1.165) is 42.4 Å². The number of halogens is 1. The second kappa shape index (κ2) is 12.9. The number of amides is 2. The van der Waals surface area contributed by atoms with E-state index in [1.54, 1.807) is 5.48 Å². The predicted molar refractivity (Wildman–Crippen MR) is 131 cm³/mol. The Bertz CT molecular complexity index is 1070. The number of carbonyl (C=O) groups is 2. The molecule has 8 heteroatoms. The number of fused-ring (bicyclic) bond motifs is 1. The number of nitrogens with zero attached hydrogens (tertiary/aromatic N) is 1. The van der Waals surface area contributed by atoms with Gasteiger partial charge in [-0.2, -0.15) is 0 Å². The molecule has 0 heterocycles. The second-order valence-corrected chi connectivity index (χ2v) is 7.49. The van der Waals surface area contributed by atoms with E-state index in [9.17, 15) is 9.59 Å². The molecule has 0 saturated carbocycles. The first kappa shape index (κ1) is 26.3. The molecule has 0 aromatic heterocycles. The van der Waals surface area contributed by atoms with Crippen LogP contribution in [-0.4, -0.2) is 41.6 Å². The summed E-state index contributed by atoms with van der Waals surface area (Å²) in [6, 6.07) is 18.4. The third kappa shape index (κ3) is 7.00. The van der Waals surface area contributed by atoms with E-state index in [-0.39, 0.29) is 24.6 Å². The molecule has 0 radical (unpaired) electrons. The van der Waals surface area contributed by atoms with Crippen LogP contribution >= 0.6 is 12.4 Å². The van der Waals surface area contributed by atoms with Crippen LogP contribution in [-0.2, 0) is 17.9 Å². The maximum Gasteiger partial charge on any atom is 0.274 e. The van der Waals surface area contributed by atoms with Crippen molar-refractivity contribution in [3.63, 3.8) is 0 Å². The van der Waals surface area contributed by atoms with Gasteiger partial charge >= 0.3 is 0 Å². The Labute approximate surface area is 200 Å². The molecule has 3 aromatic rings. The van der Waals surface area contributed by atoms with E-state index in [1.807, 2.05) is 12.1 Å². The number of benzene rings is 3. The zero-order valence-electron chi connectivity index (χ0n) is 18.8. The summed E-state index contributed by atoms with van der Waals surface area (Å²) in [5.74, 6) is -1.05. The quantitative estimate of drug-likeness (QED) is 0.305. The summed E-state index contributed by atoms with van der Waals surface area (Å²) in [5, 5.41) is 10.9. The van der Waals surface area contributed by atoms with Crippen LogP contribution in [0, 0.1) is 0 Å². The standard InChI is InChI=1S/C25H29N3O4.ClH/c1-3-28(4-2)14-13-18-15-21-7-5-6-8-23(21)22(16-18)17-32-27-25(30)20-11-9-19(10-12-20)24(29)26-31;/h5-12,15-16,31H,3-4,13-14,17H2,1-2H3,(H,26,29)(H,27,30);1H. The minimum absolute atomic E-state index is 0. The highest BCUT2D eigenvalue weighted by Gasteiger charge is 2.10. The largest absolute Gasteiger partial charge is 0.304 e. The Hall–Kier alpha value is -2.97. The SMILES string of the molecule is CCN(CC)CCc1cc(CONC(=O)c2ccc(C(=O)NO)cc2)c2ccccc2c1.Cl. The van der Waals surface area contributed by atoms with Gasteiger partial charge in [-0.05, 0) is 65.7 Å². The zero-order valence-corrected chi connectivity index (χ0v) is 19.7. The molecule has 176 valence electrons. The first-order valence-corrected chi connectivity index (χ1v) is 10.7. The summed E-state index contributed by atoms with van der Waals surface area (Å²) in [4.78, 5) is 31.7. The number of hydrogen-bond donors (Lipinski definition) is 3. The zero-order chi connectivity index (χ0) is 22.9. The third-order valence-electron chi connectivity index (χ3n) is 5.52. The van der Waals surface area contributed by atoms with E-state index in [2.05, 4.69) is 48.5 Å². The van der Waals surface area contributed by atoms with Gasteiger partial charge in [0, 0.05) is 17.7 Å². The molecule has 0 aliphatic rings. The van der Waals surface area contributed by atoms with Gasteiger partial charge in [-0.25, -0.2) is 11.0 Å². The Morgan fingerprint density at radius 1 is 0.939 bits per heavy atom. The highest BCUT2D eigenvalue weighted by molar-refractivity contribution is 5.97. The molecular formula is C25H30ClN3O4. The van der Waals surface area contributed by atoms with Gasteiger partial charge in [-0.15, -0.1) is 12.4 Å². The Morgan fingerprint density at radius 2 is 1.58 bits per heavy atom. The van der Waals surface area contributed by atoms with Gasteiger partial charge in [0.15, 0.2) is 0 Å². The van der Waals surface area contributed by atoms with E-state index in [1.165, 1.54) is 29.8 Å². The lowest BCUT2D eigenvalue weighted by atomic mass is 9.99. The van der Waals surface area contributed by atoms with Crippen molar-refractivity contribution in [1.82, 2.24) is 15.9 Å². The fraction of sp³-hybridized carbons (Fsp3) is 0.280. The van der Waals surface area contributed by atoms with Crippen molar-refractivity contribution in [2.24, 2.45) is 0 Å². The lowest BCUT2D eigenvalue weighted by Gasteiger charge is -2.18. The molecule has 3 N–H and O–H groups in total. The molecule has 0 aliphatic carbocycles. The summed E-state index contributed by atoms with van der Waals surface area (Å²) in [6.45, 7) is 7.61. The van der Waals surface area contributed by atoms with E-state index in [4.69, 9.17) is 10.0 Å². The summed E-state index contributed by atoms with van der Waals surface area (Å²) in [5.41, 5.74) is 6.86. The number of nitrogens with one attached hydrogen (secondary N) is 2. The van der Waals surface area contributed by atoms with Crippen LogP contribution in [0.25, 0.3) is 10.8 Å². The van der Waals surface area contributed by atoms with Gasteiger partial charge in [0.25, 0.3) is 11.8 Å². The van der Waals surface area contributed by atoms with E-state index < -0.39 is 11.8 Å². The van der Waals surface area contributed by atoms with Gasteiger partial charge in [0.1, 0.15) is 6.61 Å². The van der Waals surface area contributed by atoms with Crippen LogP contribution < -0.4 is 11.0 Å². The van der Waals surface area contributed by atoms with Crippen molar-refractivity contribution in [1.29, 1.82) is 0 Å². The minimum atomic E-state index is -0.638. The highest BCUT2D eigenvalue weighted by Crippen LogP contribution is 2.22. The fourth-order valence-corrected chi connectivity index (χ4v) is 3.62. The van der Waals surface area contributed by atoms with Crippen LogP contribution in [0.5, 0.6) is 0 Å². The molecule has 33 heavy (non-hydrogen) atoms. The van der Waals surface area contributed by atoms with Crippen molar-refractivity contribution < 1.29 is 19.6 Å². The van der Waals surface area contributed by atoms with Gasteiger partial charge in [-0.1, -0.05) is 50.2 Å². The van der Waals surface area contributed by atoms with Crippen LogP contribution in [0.2, 0.25) is 0 Å². The van der Waals surface area contributed by atoms with Crippen molar-refractivity contribution in [3.8, 4) is 0 Å². The molecule has 2 amide bonds. The van der Waals surface area contributed by atoms with Crippen LogP contribution in [0.3, 0.4) is 0 Å². The molecule has 3 aromatic carbocycles. The van der Waals surface area contributed by atoms with E-state index in [0.29, 0.717) is 5.56 Å². The number of carbonyl (C=O) groups excluding carboxylic acids is 2. The summed E-state index contributed by atoms with van der Waals surface area (Å²) in [6.07, 6.45) is 0.944. The molecule has 0 fully saturated rings. The first-order valence-electron chi connectivity index (χ1n) is 10.7. The summed E-state index contributed by atoms with van der Waals surface area (Å²) >= 11 is 0. The molecular weight excluding hydrogens is 442 g/mol. The van der Waals surface area contributed by atoms with Gasteiger partial charge in [0.2, 0.25) is 0 Å². The molecule has 3 rings (SSSR count). The van der Waals surface area contributed by atoms with Crippen LogP contribution in [0.4, 0.5) is 0 Å². The maximum absolute atomic E-state index is 12.4. The average molecular weight is 472 g/mol. The van der Waals surface area contributed by atoms with Crippen molar-refractivity contribution in [2.45, 2.75) is 26.9 Å². The molecule has 0 spiro atoms. The van der Waals surface area contributed by atoms with E-state index >= 15 is 0 Å². The highest BCUT2D eigenvalue weighted by atomic mass is 35.5. The normalized spacial score (nSPS) is 10.7. The Balaban J connectivity index is 0.00000385. The van der Waals surface area contributed by atoms with Crippen molar-refractivity contribution in [3.05, 3.63) is 82.9 Å². The number of hydroxylamine groups is 2. The lowest BCUT2D eigenvalue weighted by Crippen LogP contribution is -2.25. The Morgan fingerprint density at radius 3 is 2.21 bits per heavy atom. The topological polar surface area (TPSA) is 90.9 Å². The third-order valence-corrected chi connectivity index (χ3v) is 5.52. The fourth-order valence-electron chi connectivity index (χ4n) is 3.62. The molecule has 0 aliphatic heterocycles. The first-order chi connectivity index (χ1) is 15.5. The van der Waals surface area contributed by atoms with Gasteiger partial charge < -0.3 is 4.90 Å². The minimum Gasteiger partial charge on any atom is -0.304 e. The smallest absolute Gasteiger partial charge is 0.274 e. The summed E-state index contributed by atoms with van der Waals surface area (Å²) in [7, 11) is 0. The van der Waals surface area contributed by atoms with Crippen LogP contribution in [0.1, 0.15) is 45.7 Å². The molecule has 0 unspecified atom stereocenters. The van der Waals surface area contributed by atoms with Gasteiger partial charge in [0.05, 0.1) is 0 Å².